The second kappa shape index (κ2) is 10.9. The Balaban J connectivity index is 2.31. The number of ether oxygens (including phenoxy) is 2. The molecule has 0 bridgehead atoms. The topological polar surface area (TPSA) is 116 Å². The zero-order chi connectivity index (χ0) is 23.8. The van der Waals surface area contributed by atoms with Crippen molar-refractivity contribution in [1.82, 2.24) is 10.3 Å². The van der Waals surface area contributed by atoms with Gasteiger partial charge < -0.3 is 20.5 Å². The number of nitrogens with two attached hydrogens (primary N) is 1. The molecule has 1 aromatic rings. The van der Waals surface area contributed by atoms with Gasteiger partial charge in [-0.25, -0.2) is 14.6 Å². The molecule has 4 N–H and O–H groups in total. The minimum atomic E-state index is -0.669. The summed E-state index contributed by atoms with van der Waals surface area (Å²) in [4.78, 5) is 28.0. The molecule has 8 nitrogen and oxygen atoms in total. The third-order valence-corrected chi connectivity index (χ3v) is 4.75. The average molecular weight is 443 g/mol. The van der Waals surface area contributed by atoms with Gasteiger partial charge in [-0.15, -0.1) is 0 Å². The number of primary amides is 1. The van der Waals surface area contributed by atoms with Crippen LogP contribution in [0.3, 0.4) is 0 Å². The number of alkyl carbamates (subject to hydrolysis) is 1. The number of nitrogens with one attached hydrogen (secondary N) is 2. The Bertz CT molecular complexity index is 909. The molecule has 174 valence electrons. The van der Waals surface area contributed by atoms with Crippen molar-refractivity contribution >= 4 is 23.5 Å². The summed E-state index contributed by atoms with van der Waals surface area (Å²) < 4.78 is 10.8. The molecule has 2 rings (SSSR count). The van der Waals surface area contributed by atoms with E-state index in [1.807, 2.05) is 52.0 Å². The zero-order valence-electron chi connectivity index (χ0n) is 19.5. The largest absolute Gasteiger partial charge is 0.444 e. The van der Waals surface area contributed by atoms with E-state index in [9.17, 15) is 9.59 Å². The maximum absolute atomic E-state index is 12.3. The van der Waals surface area contributed by atoms with Gasteiger partial charge >= 0.3 is 12.1 Å². The van der Waals surface area contributed by atoms with E-state index in [1.54, 1.807) is 12.1 Å². The SMILES string of the molecule is CCC\C=C/C(=C\C=C(/C)C1(NC(=O)OC(C)(C)C)COC1)c1cccc(NC(N)=O)n1. The fourth-order valence-corrected chi connectivity index (χ4v) is 2.97. The third-order valence-electron chi connectivity index (χ3n) is 4.75. The second-order valence-corrected chi connectivity index (χ2v) is 8.76. The number of hydrogen-bond acceptors (Lipinski definition) is 5. The Hall–Kier alpha value is -3.13. The van der Waals surface area contributed by atoms with Crippen LogP contribution in [0.15, 0.2) is 48.1 Å². The van der Waals surface area contributed by atoms with Crippen LogP contribution in [0.2, 0.25) is 0 Å². The molecular weight excluding hydrogens is 408 g/mol. The number of carbonyl (C=O) groups is 2. The van der Waals surface area contributed by atoms with Gasteiger partial charge in [-0.2, -0.15) is 0 Å². The smallest absolute Gasteiger partial charge is 0.408 e. The van der Waals surface area contributed by atoms with Crippen molar-refractivity contribution in [2.24, 2.45) is 5.73 Å². The number of rotatable bonds is 8. The van der Waals surface area contributed by atoms with E-state index in [0.717, 1.165) is 24.0 Å². The Morgan fingerprint density at radius 1 is 1.28 bits per heavy atom. The first-order valence-corrected chi connectivity index (χ1v) is 10.7. The van der Waals surface area contributed by atoms with E-state index < -0.39 is 23.3 Å². The first-order chi connectivity index (χ1) is 15.0. The van der Waals surface area contributed by atoms with Crippen molar-refractivity contribution in [3.63, 3.8) is 0 Å². The molecule has 0 radical (unpaired) electrons. The minimum Gasteiger partial charge on any atom is -0.444 e. The number of aromatic nitrogens is 1. The summed E-state index contributed by atoms with van der Waals surface area (Å²) in [6.07, 6.45) is 9.43. The quantitative estimate of drug-likeness (QED) is 0.511. The first-order valence-electron chi connectivity index (χ1n) is 10.7. The van der Waals surface area contributed by atoms with Crippen LogP contribution in [-0.4, -0.2) is 41.5 Å². The molecule has 1 aromatic heterocycles. The van der Waals surface area contributed by atoms with E-state index in [0.29, 0.717) is 24.7 Å². The minimum absolute atomic E-state index is 0.375. The molecule has 1 fully saturated rings. The zero-order valence-corrected chi connectivity index (χ0v) is 19.5. The van der Waals surface area contributed by atoms with Crippen molar-refractivity contribution in [2.75, 3.05) is 18.5 Å². The molecule has 1 aliphatic rings. The summed E-state index contributed by atoms with van der Waals surface area (Å²) in [5.74, 6) is 0.376. The summed E-state index contributed by atoms with van der Waals surface area (Å²) in [5.41, 5.74) is 6.50. The van der Waals surface area contributed by atoms with Gasteiger partial charge in [0.15, 0.2) is 0 Å². The molecule has 0 atom stereocenters. The van der Waals surface area contributed by atoms with Crippen LogP contribution in [0.25, 0.3) is 5.57 Å². The predicted octanol–water partition coefficient (Wildman–Crippen LogP) is 4.55. The number of hydrogen-bond donors (Lipinski definition) is 3. The van der Waals surface area contributed by atoms with Gasteiger partial charge in [0.25, 0.3) is 0 Å². The molecule has 32 heavy (non-hydrogen) atoms. The van der Waals surface area contributed by atoms with Crippen molar-refractivity contribution in [2.45, 2.75) is 58.6 Å². The predicted molar refractivity (Wildman–Crippen MR) is 126 cm³/mol. The van der Waals surface area contributed by atoms with E-state index in [4.69, 9.17) is 15.2 Å². The summed E-state index contributed by atoms with van der Waals surface area (Å²) >= 11 is 0. The lowest BCUT2D eigenvalue weighted by molar-refractivity contribution is -0.0570. The maximum atomic E-state index is 12.3. The van der Waals surface area contributed by atoms with Gasteiger partial charge in [0.1, 0.15) is 17.0 Å². The summed E-state index contributed by atoms with van der Waals surface area (Å²) in [6.45, 7) is 10.3. The molecule has 1 saturated heterocycles. The molecule has 3 amide bonds. The average Bonchev–Trinajstić information content (AvgIpc) is 2.65. The fraction of sp³-hybridized carbons (Fsp3) is 0.458. The van der Waals surface area contributed by atoms with Crippen molar-refractivity contribution in [3.05, 3.63) is 53.8 Å². The van der Waals surface area contributed by atoms with E-state index >= 15 is 0 Å². The molecule has 0 spiro atoms. The van der Waals surface area contributed by atoms with Gasteiger partial charge in [-0.05, 0) is 57.4 Å². The van der Waals surface area contributed by atoms with Crippen LogP contribution in [0.1, 0.15) is 53.2 Å². The van der Waals surface area contributed by atoms with Gasteiger partial charge in [0, 0.05) is 0 Å². The van der Waals surface area contributed by atoms with Crippen LogP contribution in [0, 0.1) is 0 Å². The lowest BCUT2D eigenvalue weighted by Crippen LogP contribution is -2.63. The summed E-state index contributed by atoms with van der Waals surface area (Å²) in [7, 11) is 0. The van der Waals surface area contributed by atoms with Crippen molar-refractivity contribution in [3.8, 4) is 0 Å². The maximum Gasteiger partial charge on any atom is 0.408 e. The van der Waals surface area contributed by atoms with Crippen LogP contribution in [-0.2, 0) is 9.47 Å². The second-order valence-electron chi connectivity index (χ2n) is 8.76. The number of nitrogens with zero attached hydrogens (tertiary/aromatic N) is 1. The molecule has 0 unspecified atom stereocenters. The Labute approximate surface area is 190 Å². The lowest BCUT2D eigenvalue weighted by atomic mass is 9.88. The highest BCUT2D eigenvalue weighted by Gasteiger charge is 2.42. The number of amides is 3. The van der Waals surface area contributed by atoms with Crippen LogP contribution < -0.4 is 16.4 Å². The number of carbonyl (C=O) groups excluding carboxylic acids is 2. The molecule has 0 aliphatic carbocycles. The van der Waals surface area contributed by atoms with Gasteiger partial charge in [-0.1, -0.05) is 43.7 Å². The third kappa shape index (κ3) is 7.53. The molecule has 1 aliphatic heterocycles. The molecule has 2 heterocycles. The highest BCUT2D eigenvalue weighted by Crippen LogP contribution is 2.27. The normalized spacial score (nSPS) is 16.4. The lowest BCUT2D eigenvalue weighted by Gasteiger charge is -2.43. The number of pyridine rings is 1. The highest BCUT2D eigenvalue weighted by molar-refractivity contribution is 5.87. The molecule has 8 heteroatoms. The Morgan fingerprint density at radius 2 is 2.00 bits per heavy atom. The highest BCUT2D eigenvalue weighted by atomic mass is 16.6. The van der Waals surface area contributed by atoms with Crippen molar-refractivity contribution < 1.29 is 19.1 Å². The van der Waals surface area contributed by atoms with Crippen LogP contribution >= 0.6 is 0 Å². The Morgan fingerprint density at radius 3 is 2.56 bits per heavy atom. The molecule has 0 saturated carbocycles. The standard InChI is InChI=1S/C24H34N4O4/c1-6-7-8-10-18(19-11-9-12-20(26-19)27-21(25)29)14-13-17(2)24(15-31-16-24)28-22(30)32-23(3,4)5/h8-14H,6-7,15-16H2,1-5H3,(H,28,30)(H3,25,26,27,29)/b10-8-,17-13+,18-14+. The summed E-state index contributed by atoms with van der Waals surface area (Å²) in [6, 6.07) is 4.67. The monoisotopic (exact) mass is 442 g/mol. The van der Waals surface area contributed by atoms with Crippen LogP contribution in [0.5, 0.6) is 0 Å². The van der Waals surface area contributed by atoms with E-state index in [2.05, 4.69) is 28.6 Å². The van der Waals surface area contributed by atoms with Crippen LogP contribution in [0.4, 0.5) is 15.4 Å². The van der Waals surface area contributed by atoms with Gasteiger partial charge in [-0.3, -0.25) is 5.32 Å². The van der Waals surface area contributed by atoms with Crippen molar-refractivity contribution in [1.29, 1.82) is 0 Å². The number of urea groups is 1. The number of allylic oxidation sites excluding steroid dienone is 5. The Kier molecular flexibility index (Phi) is 8.60. The van der Waals surface area contributed by atoms with Gasteiger partial charge in [0.05, 0.1) is 18.9 Å². The fourth-order valence-electron chi connectivity index (χ4n) is 2.97. The molecule has 0 aromatic carbocycles. The number of unbranched alkanes of at least 4 members (excludes halogenated alkanes) is 1. The number of anilines is 1. The van der Waals surface area contributed by atoms with E-state index in [1.165, 1.54) is 0 Å². The first kappa shape index (κ1) is 25.1. The van der Waals surface area contributed by atoms with E-state index in [-0.39, 0.29) is 0 Å². The van der Waals surface area contributed by atoms with Gasteiger partial charge in [0.2, 0.25) is 0 Å². The summed E-state index contributed by atoms with van der Waals surface area (Å²) in [5, 5.41) is 5.45. The molecular formula is C24H34N4O4.